The van der Waals surface area contributed by atoms with E-state index in [0.717, 1.165) is 51.2 Å². The lowest BCUT2D eigenvalue weighted by atomic mass is 9.87. The Morgan fingerprint density at radius 2 is 1.87 bits per heavy atom. The molecule has 5 heteroatoms. The third-order valence-electron chi connectivity index (χ3n) is 6.58. The van der Waals surface area contributed by atoms with E-state index in [0.29, 0.717) is 13.2 Å². The van der Waals surface area contributed by atoms with Gasteiger partial charge in [0.15, 0.2) is 6.54 Å². The van der Waals surface area contributed by atoms with Gasteiger partial charge in [0.05, 0.1) is 44.5 Å². The molecule has 0 spiro atoms. The predicted octanol–water partition coefficient (Wildman–Crippen LogP) is 2.33. The zero-order valence-electron chi connectivity index (χ0n) is 18.3. The number of hydrogen-bond acceptors (Lipinski definition) is 3. The van der Waals surface area contributed by atoms with Crippen molar-refractivity contribution in [3.05, 3.63) is 59.7 Å². The average Bonchev–Trinajstić information content (AvgIpc) is 2.79. The summed E-state index contributed by atoms with van der Waals surface area (Å²) in [7, 11) is 1.99. The van der Waals surface area contributed by atoms with E-state index in [1.165, 1.54) is 21.7 Å². The zero-order valence-corrected chi connectivity index (χ0v) is 18.3. The Kier molecular flexibility index (Phi) is 6.58. The van der Waals surface area contributed by atoms with Crippen molar-refractivity contribution in [1.82, 2.24) is 4.90 Å². The molecule has 0 unspecified atom stereocenters. The van der Waals surface area contributed by atoms with Crippen molar-refractivity contribution in [2.75, 3.05) is 51.3 Å². The van der Waals surface area contributed by atoms with E-state index in [-0.39, 0.29) is 11.9 Å². The molecule has 0 aromatic heterocycles. The second kappa shape index (κ2) is 9.52. The van der Waals surface area contributed by atoms with Gasteiger partial charge in [-0.25, -0.2) is 0 Å². The molecule has 0 saturated carbocycles. The van der Waals surface area contributed by atoms with Gasteiger partial charge in [0, 0.05) is 7.05 Å². The summed E-state index contributed by atoms with van der Waals surface area (Å²) in [5.41, 5.74) is 3.91. The number of nitrogens with zero attached hydrogens (tertiary/aromatic N) is 2. The molecule has 1 atom stereocenters. The first-order valence-corrected chi connectivity index (χ1v) is 11.3. The van der Waals surface area contributed by atoms with Crippen molar-refractivity contribution in [2.24, 2.45) is 0 Å². The Morgan fingerprint density at radius 1 is 1.13 bits per heavy atom. The summed E-state index contributed by atoms with van der Waals surface area (Å²) in [4.78, 5) is 18.8. The van der Waals surface area contributed by atoms with Gasteiger partial charge in [-0.2, -0.15) is 0 Å². The fourth-order valence-corrected chi connectivity index (χ4v) is 4.88. The van der Waals surface area contributed by atoms with Gasteiger partial charge in [-0.05, 0) is 49.4 Å². The minimum Gasteiger partial charge on any atom is -0.492 e. The number of ether oxygens (including phenoxy) is 1. The number of nitrogens with one attached hydrogen (secondary N) is 1. The highest BCUT2D eigenvalue weighted by Crippen LogP contribution is 2.33. The standard InChI is InChI=1S/C25H33N3O2/c1-3-30-24-14-7-6-12-23(24)28-17-15-27(16-18-28)19-25(29)26(2)22-13-8-10-20-9-4-5-11-21(20)22/h4-7,9,11-12,14,22H,3,8,10,13,15-19H2,1-2H3/p+1/t22-/m0/s1. The number of aryl methyl sites for hydroxylation is 1. The summed E-state index contributed by atoms with van der Waals surface area (Å²) >= 11 is 0. The molecule has 1 heterocycles. The Hall–Kier alpha value is -2.53. The molecule has 2 aliphatic rings. The largest absolute Gasteiger partial charge is 0.492 e. The van der Waals surface area contributed by atoms with Crippen LogP contribution in [0.2, 0.25) is 0 Å². The van der Waals surface area contributed by atoms with Crippen LogP contribution in [-0.4, -0.2) is 57.2 Å². The lowest BCUT2D eigenvalue weighted by molar-refractivity contribution is -0.892. The summed E-state index contributed by atoms with van der Waals surface area (Å²) in [5.74, 6) is 1.21. The van der Waals surface area contributed by atoms with E-state index in [4.69, 9.17) is 4.74 Å². The first kappa shape index (κ1) is 20.7. The van der Waals surface area contributed by atoms with Crippen LogP contribution in [0.25, 0.3) is 0 Å². The Balaban J connectivity index is 1.34. The van der Waals surface area contributed by atoms with Crippen LogP contribution in [0.3, 0.4) is 0 Å². The van der Waals surface area contributed by atoms with Crippen molar-refractivity contribution in [2.45, 2.75) is 32.2 Å². The topological polar surface area (TPSA) is 37.2 Å². The molecule has 1 fully saturated rings. The Morgan fingerprint density at radius 3 is 2.67 bits per heavy atom. The normalized spacial score (nSPS) is 19.3. The smallest absolute Gasteiger partial charge is 0.278 e. The Labute approximate surface area is 180 Å². The molecule has 1 amide bonds. The molecule has 0 bridgehead atoms. The molecule has 4 rings (SSSR count). The maximum Gasteiger partial charge on any atom is 0.278 e. The fourth-order valence-electron chi connectivity index (χ4n) is 4.88. The van der Waals surface area contributed by atoms with Crippen LogP contribution in [0.15, 0.2) is 48.5 Å². The number of para-hydroxylation sites is 2. The minimum absolute atomic E-state index is 0.223. The molecule has 1 saturated heterocycles. The molecular weight excluding hydrogens is 374 g/mol. The second-order valence-electron chi connectivity index (χ2n) is 8.43. The lowest BCUT2D eigenvalue weighted by Crippen LogP contribution is -3.15. The number of amides is 1. The highest BCUT2D eigenvalue weighted by molar-refractivity contribution is 5.77. The first-order valence-electron chi connectivity index (χ1n) is 11.3. The quantitative estimate of drug-likeness (QED) is 0.797. The van der Waals surface area contributed by atoms with Crippen LogP contribution in [0.5, 0.6) is 5.75 Å². The molecule has 2 aromatic rings. The summed E-state index contributed by atoms with van der Waals surface area (Å²) in [6.45, 7) is 7.11. The van der Waals surface area contributed by atoms with E-state index in [2.05, 4.69) is 41.3 Å². The van der Waals surface area contributed by atoms with Gasteiger partial charge in [-0.15, -0.1) is 0 Å². The number of benzene rings is 2. The van der Waals surface area contributed by atoms with E-state index in [1.807, 2.05) is 31.0 Å². The minimum atomic E-state index is 0.223. The van der Waals surface area contributed by atoms with Crippen LogP contribution in [-0.2, 0) is 11.2 Å². The first-order chi connectivity index (χ1) is 14.7. The van der Waals surface area contributed by atoms with E-state index >= 15 is 0 Å². The molecule has 1 N–H and O–H groups in total. The molecule has 160 valence electrons. The number of quaternary nitrogens is 1. The highest BCUT2D eigenvalue weighted by Gasteiger charge is 2.30. The summed E-state index contributed by atoms with van der Waals surface area (Å²) in [6.07, 6.45) is 3.35. The van der Waals surface area contributed by atoms with Crippen LogP contribution < -0.4 is 14.5 Å². The molecule has 0 radical (unpaired) electrons. The van der Waals surface area contributed by atoms with Gasteiger partial charge in [-0.1, -0.05) is 36.4 Å². The zero-order chi connectivity index (χ0) is 20.9. The summed E-state index contributed by atoms with van der Waals surface area (Å²) in [5, 5.41) is 0. The number of likely N-dealkylation sites (N-methyl/N-ethyl adjacent to an activating group) is 1. The number of fused-ring (bicyclic) bond motifs is 1. The lowest BCUT2D eigenvalue weighted by Gasteiger charge is -2.36. The van der Waals surface area contributed by atoms with Crippen molar-refractivity contribution < 1.29 is 14.4 Å². The number of piperazine rings is 1. The molecule has 5 nitrogen and oxygen atoms in total. The maximum atomic E-state index is 13.1. The predicted molar refractivity (Wildman–Crippen MR) is 120 cm³/mol. The van der Waals surface area contributed by atoms with Gasteiger partial charge >= 0.3 is 0 Å². The van der Waals surface area contributed by atoms with Gasteiger partial charge in [0.1, 0.15) is 5.75 Å². The SMILES string of the molecule is CCOc1ccccc1N1CC[NH+](CC(=O)N(C)[C@H]2CCCc3ccccc32)CC1. The highest BCUT2D eigenvalue weighted by atomic mass is 16.5. The molecule has 30 heavy (non-hydrogen) atoms. The number of rotatable bonds is 6. The van der Waals surface area contributed by atoms with Crippen LogP contribution in [0.4, 0.5) is 5.69 Å². The third kappa shape index (κ3) is 4.46. The summed E-state index contributed by atoms with van der Waals surface area (Å²) < 4.78 is 5.80. The van der Waals surface area contributed by atoms with E-state index in [9.17, 15) is 4.79 Å². The van der Waals surface area contributed by atoms with Gasteiger partial charge in [0.25, 0.3) is 5.91 Å². The number of hydrogen-bond donors (Lipinski definition) is 1. The van der Waals surface area contributed by atoms with Crippen LogP contribution >= 0.6 is 0 Å². The summed E-state index contributed by atoms with van der Waals surface area (Å²) in [6, 6.07) is 17.1. The van der Waals surface area contributed by atoms with Crippen molar-refractivity contribution >= 4 is 11.6 Å². The monoisotopic (exact) mass is 408 g/mol. The molecule has 2 aromatic carbocycles. The van der Waals surface area contributed by atoms with Crippen molar-refractivity contribution in [3.63, 3.8) is 0 Å². The molecule has 1 aliphatic heterocycles. The van der Waals surface area contributed by atoms with Crippen LogP contribution in [0, 0.1) is 0 Å². The average molecular weight is 409 g/mol. The van der Waals surface area contributed by atoms with Gasteiger partial charge in [0.2, 0.25) is 0 Å². The van der Waals surface area contributed by atoms with Gasteiger partial charge in [-0.3, -0.25) is 4.79 Å². The van der Waals surface area contributed by atoms with Crippen molar-refractivity contribution in [3.8, 4) is 5.75 Å². The van der Waals surface area contributed by atoms with Gasteiger partial charge < -0.3 is 19.4 Å². The number of carbonyl (C=O) groups excluding carboxylic acids is 1. The van der Waals surface area contributed by atoms with Crippen molar-refractivity contribution in [1.29, 1.82) is 0 Å². The van der Waals surface area contributed by atoms with E-state index in [1.54, 1.807) is 0 Å². The van der Waals surface area contributed by atoms with Crippen LogP contribution in [0.1, 0.15) is 36.9 Å². The maximum absolute atomic E-state index is 13.1. The fraction of sp³-hybridized carbons (Fsp3) is 0.480. The Bertz CT molecular complexity index is 861. The molecule has 1 aliphatic carbocycles. The third-order valence-corrected chi connectivity index (χ3v) is 6.58. The molecular formula is C25H34N3O2+. The van der Waals surface area contributed by atoms with E-state index < -0.39 is 0 Å². The number of anilines is 1. The number of carbonyl (C=O) groups is 1. The second-order valence-corrected chi connectivity index (χ2v) is 8.43.